The fraction of sp³-hybridized carbons (Fsp3) is 0. The average molecular weight is 131 g/mol. The third-order valence-electron chi connectivity index (χ3n) is 1.45. The Labute approximate surface area is 60.7 Å². The summed E-state index contributed by atoms with van der Waals surface area (Å²) in [5.41, 5.74) is 0.948. The summed E-state index contributed by atoms with van der Waals surface area (Å²) >= 11 is 0. The van der Waals surface area contributed by atoms with Crippen molar-refractivity contribution in [2.75, 3.05) is 0 Å². The summed E-state index contributed by atoms with van der Waals surface area (Å²) in [6.45, 7) is 0. The number of fused-ring (bicyclic) bond motifs is 1. The zero-order chi connectivity index (χ0) is 7.68. The maximum atomic E-state index is 7.35. The maximum absolute atomic E-state index is 7.35. The van der Waals surface area contributed by atoms with Crippen LogP contribution in [0.3, 0.4) is 0 Å². The minimum atomic E-state index is 0.533. The third-order valence-corrected chi connectivity index (χ3v) is 1.45. The number of pyridine rings is 1. The molecule has 0 saturated heterocycles. The number of hydrogen-bond donors (Lipinski definition) is 0. The van der Waals surface area contributed by atoms with Gasteiger partial charge in [0.25, 0.3) is 0 Å². The van der Waals surface area contributed by atoms with Crippen LogP contribution in [-0.2, 0) is 0 Å². The van der Waals surface area contributed by atoms with Crippen molar-refractivity contribution in [1.82, 2.24) is 4.98 Å². The quantitative estimate of drug-likeness (QED) is 0.534. The van der Waals surface area contributed by atoms with E-state index >= 15 is 0 Å². The van der Waals surface area contributed by atoms with Crippen LogP contribution in [0.4, 0.5) is 0 Å². The highest BCUT2D eigenvalue weighted by atomic mass is 14.6. The normalized spacial score (nSPS) is 11.4. The van der Waals surface area contributed by atoms with Gasteiger partial charge in [-0.1, -0.05) is 24.2 Å². The van der Waals surface area contributed by atoms with E-state index in [4.69, 9.17) is 1.37 Å². The number of rotatable bonds is 0. The summed E-state index contributed by atoms with van der Waals surface area (Å²) in [5.74, 6) is 0. The summed E-state index contributed by atoms with van der Waals surface area (Å²) in [5, 5.41) is 1.03. The second-order valence-corrected chi connectivity index (χ2v) is 2.12. The van der Waals surface area contributed by atoms with Gasteiger partial charge in [-0.25, -0.2) is 0 Å². The van der Waals surface area contributed by atoms with E-state index in [1.165, 1.54) is 0 Å². The van der Waals surface area contributed by atoms with Crippen LogP contribution >= 0.6 is 0 Å². The largest absolute Gasteiger partial charge is 0.256 e. The molecule has 0 aliphatic rings. The second-order valence-electron chi connectivity index (χ2n) is 2.12. The molecule has 1 nitrogen and oxygen atoms in total. The molecule has 48 valence electrons. The SMILES string of the molecule is [3H]c1ccc2ncccc2c1. The molecule has 0 fully saturated rings. The molecule has 0 amide bonds. The standard InChI is InChI=1S/C9H7N/c1-2-6-9-8(4-1)5-3-7-10-9/h1-7H/i1T. The summed E-state index contributed by atoms with van der Waals surface area (Å²) in [6.07, 6.45) is 1.76. The van der Waals surface area contributed by atoms with E-state index in [1.807, 2.05) is 24.3 Å². The Hall–Kier alpha value is -1.37. The summed E-state index contributed by atoms with van der Waals surface area (Å²) < 4.78 is 7.35. The number of nitrogens with zero attached hydrogens (tertiary/aromatic N) is 1. The highest BCUT2D eigenvalue weighted by molar-refractivity contribution is 5.77. The van der Waals surface area contributed by atoms with Gasteiger partial charge in [0.1, 0.15) is 0 Å². The molecule has 0 unspecified atom stereocenters. The third kappa shape index (κ3) is 0.760. The molecule has 0 spiro atoms. The van der Waals surface area contributed by atoms with Crippen LogP contribution in [0.1, 0.15) is 1.37 Å². The summed E-state index contributed by atoms with van der Waals surface area (Å²) in [4.78, 5) is 4.14. The van der Waals surface area contributed by atoms with Crippen LogP contribution in [0.25, 0.3) is 10.9 Å². The lowest BCUT2D eigenvalue weighted by Gasteiger charge is -1.91. The van der Waals surface area contributed by atoms with Gasteiger partial charge in [-0.05, 0) is 12.1 Å². The van der Waals surface area contributed by atoms with Gasteiger partial charge < -0.3 is 0 Å². The molecule has 1 heterocycles. The van der Waals surface area contributed by atoms with E-state index in [1.54, 1.807) is 12.3 Å². The molecule has 1 heteroatoms. The van der Waals surface area contributed by atoms with E-state index in [9.17, 15) is 0 Å². The first-order valence-corrected chi connectivity index (χ1v) is 3.18. The van der Waals surface area contributed by atoms with E-state index in [-0.39, 0.29) is 0 Å². The zero-order valence-corrected chi connectivity index (χ0v) is 5.41. The number of para-hydroxylation sites is 1. The van der Waals surface area contributed by atoms with E-state index in [0.717, 1.165) is 10.9 Å². The molecular weight excluding hydrogens is 122 g/mol. The van der Waals surface area contributed by atoms with Crippen molar-refractivity contribution in [1.29, 1.82) is 0 Å². The molecule has 2 aromatic rings. The fourth-order valence-corrected chi connectivity index (χ4v) is 0.956. The Morgan fingerprint density at radius 2 is 2.20 bits per heavy atom. The lowest BCUT2D eigenvalue weighted by atomic mass is 10.2. The van der Waals surface area contributed by atoms with Crippen molar-refractivity contribution in [3.8, 4) is 0 Å². The molecule has 1 aromatic heterocycles. The molecule has 0 aliphatic heterocycles. The Morgan fingerprint density at radius 3 is 3.20 bits per heavy atom. The summed E-state index contributed by atoms with van der Waals surface area (Å²) in [6, 6.07) is 9.78. The van der Waals surface area contributed by atoms with Gasteiger partial charge in [-0.3, -0.25) is 4.98 Å². The highest BCUT2D eigenvalue weighted by Crippen LogP contribution is 2.07. The van der Waals surface area contributed by atoms with Crippen LogP contribution in [0.5, 0.6) is 0 Å². The molecule has 2 rings (SSSR count). The fourth-order valence-electron chi connectivity index (χ4n) is 0.956. The Balaban J connectivity index is 2.83. The van der Waals surface area contributed by atoms with Crippen molar-refractivity contribution in [3.63, 3.8) is 0 Å². The molecule has 0 N–H and O–H groups in total. The van der Waals surface area contributed by atoms with Crippen LogP contribution in [0, 0.1) is 0 Å². The molecule has 10 heavy (non-hydrogen) atoms. The first-order valence-electron chi connectivity index (χ1n) is 3.68. The monoisotopic (exact) mass is 131 g/mol. The predicted molar refractivity (Wildman–Crippen MR) is 41.7 cm³/mol. The first kappa shape index (κ1) is 4.45. The molecule has 0 atom stereocenters. The summed E-state index contributed by atoms with van der Waals surface area (Å²) in [7, 11) is 0. The van der Waals surface area contributed by atoms with Crippen molar-refractivity contribution < 1.29 is 1.37 Å². The molecule has 0 saturated carbocycles. The van der Waals surface area contributed by atoms with E-state index in [2.05, 4.69) is 4.98 Å². The number of aromatic nitrogens is 1. The van der Waals surface area contributed by atoms with Gasteiger partial charge in [-0.2, -0.15) is 0 Å². The van der Waals surface area contributed by atoms with Crippen LogP contribution in [0.2, 0.25) is 0 Å². The van der Waals surface area contributed by atoms with Gasteiger partial charge in [-0.15, -0.1) is 0 Å². The first-order chi connectivity index (χ1) is 5.36. The van der Waals surface area contributed by atoms with Gasteiger partial charge in [0.2, 0.25) is 0 Å². The van der Waals surface area contributed by atoms with Gasteiger partial charge in [0.05, 0.1) is 6.89 Å². The van der Waals surface area contributed by atoms with Crippen molar-refractivity contribution in [2.45, 2.75) is 0 Å². The molecule has 0 aliphatic carbocycles. The van der Waals surface area contributed by atoms with E-state index < -0.39 is 0 Å². The second kappa shape index (κ2) is 2.10. The van der Waals surface area contributed by atoms with Crippen LogP contribution < -0.4 is 0 Å². The lowest BCUT2D eigenvalue weighted by Crippen LogP contribution is -1.73. The lowest BCUT2D eigenvalue weighted by molar-refractivity contribution is 1.41. The minimum Gasteiger partial charge on any atom is -0.256 e. The van der Waals surface area contributed by atoms with Crippen molar-refractivity contribution >= 4 is 10.9 Å². The number of hydrogen-bond acceptors (Lipinski definition) is 1. The van der Waals surface area contributed by atoms with Gasteiger partial charge >= 0.3 is 0 Å². The van der Waals surface area contributed by atoms with Crippen molar-refractivity contribution in [3.05, 3.63) is 42.6 Å². The highest BCUT2D eigenvalue weighted by Gasteiger charge is 1.86. The zero-order valence-electron chi connectivity index (χ0n) is 6.41. The Kier molecular flexibility index (Phi) is 0.935. The number of benzene rings is 1. The maximum Gasteiger partial charge on any atom is 0.0701 e. The minimum absolute atomic E-state index is 0.533. The predicted octanol–water partition coefficient (Wildman–Crippen LogP) is 2.23. The molecular formula is C9H7N. The molecule has 0 radical (unpaired) electrons. The van der Waals surface area contributed by atoms with Crippen molar-refractivity contribution in [2.24, 2.45) is 0 Å². The average Bonchev–Trinajstić information content (AvgIpc) is 2.04. The van der Waals surface area contributed by atoms with Gasteiger partial charge in [0.15, 0.2) is 0 Å². The smallest absolute Gasteiger partial charge is 0.0701 e. The molecule has 0 bridgehead atoms. The topological polar surface area (TPSA) is 12.9 Å². The van der Waals surface area contributed by atoms with Crippen LogP contribution in [0.15, 0.2) is 42.6 Å². The Bertz CT molecular complexity index is 384. The van der Waals surface area contributed by atoms with Crippen LogP contribution in [-0.4, -0.2) is 4.98 Å². The Morgan fingerprint density at radius 1 is 1.20 bits per heavy atom. The molecule has 1 aromatic carbocycles. The van der Waals surface area contributed by atoms with E-state index in [0.29, 0.717) is 6.04 Å². The van der Waals surface area contributed by atoms with Gasteiger partial charge in [0, 0.05) is 11.6 Å².